The minimum Gasteiger partial charge on any atom is -0.207 e. The summed E-state index contributed by atoms with van der Waals surface area (Å²) in [5.74, 6) is -0.957. The molecule has 1 unspecified atom stereocenters. The third-order valence-corrected chi connectivity index (χ3v) is 2.85. The topological polar surface area (TPSA) is 0 Å². The Morgan fingerprint density at radius 2 is 1.93 bits per heavy atom. The summed E-state index contributed by atoms with van der Waals surface area (Å²) in [7, 11) is 0. The molecule has 0 nitrogen and oxygen atoms in total. The monoisotopic (exact) mass is 286 g/mol. The van der Waals surface area contributed by atoms with Gasteiger partial charge in [-0.3, -0.25) is 0 Å². The van der Waals surface area contributed by atoms with Crippen LogP contribution in [0.1, 0.15) is 12.5 Å². The van der Waals surface area contributed by atoms with Gasteiger partial charge in [0.25, 0.3) is 0 Å². The third kappa shape index (κ3) is 4.82. The summed E-state index contributed by atoms with van der Waals surface area (Å²) in [6.07, 6.45) is 0.282. The van der Waals surface area contributed by atoms with Gasteiger partial charge in [0, 0.05) is 33.7 Å². The smallest absolute Gasteiger partial charge is 0.129 e. The molecule has 0 fully saturated rings. The summed E-state index contributed by atoms with van der Waals surface area (Å²) in [4.78, 5) is -0.694. The molecule has 5 heteroatoms. The maximum Gasteiger partial charge on any atom is 0.129 e. The second-order valence-electron chi connectivity index (χ2n) is 3.46. The van der Waals surface area contributed by atoms with Crippen molar-refractivity contribution in [2.45, 2.75) is 18.2 Å². The van der Waals surface area contributed by atoms with Gasteiger partial charge < -0.3 is 0 Å². The predicted molar refractivity (Wildman–Crippen MR) is 55.0 cm³/mol. The molecule has 0 amide bonds. The second-order valence-corrected chi connectivity index (χ2v) is 4.64. The third-order valence-electron chi connectivity index (χ3n) is 1.85. The fourth-order valence-electron chi connectivity index (χ4n) is 1.11. The van der Waals surface area contributed by atoms with Crippen molar-refractivity contribution < 1.29 is 30.5 Å². The van der Waals surface area contributed by atoms with Gasteiger partial charge >= 0.3 is 0 Å². The first-order valence-electron chi connectivity index (χ1n) is 4.13. The molecule has 0 radical (unpaired) electrons. The predicted octanol–water partition coefficient (Wildman–Crippen LogP) is 3.74. The number of halogens is 4. The van der Waals surface area contributed by atoms with Crippen molar-refractivity contribution in [2.75, 3.05) is 5.88 Å². The van der Waals surface area contributed by atoms with E-state index in [2.05, 4.69) is 0 Å². The van der Waals surface area contributed by atoms with E-state index < -0.39 is 16.5 Å². The Balaban J connectivity index is 0.00000196. The fourth-order valence-corrected chi connectivity index (χ4v) is 1.35. The molecule has 0 heterocycles. The van der Waals surface area contributed by atoms with Crippen LogP contribution in [-0.4, -0.2) is 10.8 Å². The molecule has 1 aromatic carbocycles. The Kier molecular flexibility index (Phi) is 6.35. The number of alkyl halides is 2. The molecule has 0 N–H and O–H groups in total. The summed E-state index contributed by atoms with van der Waals surface area (Å²) in [5, 5.41) is 0. The van der Waals surface area contributed by atoms with Gasteiger partial charge in [0.15, 0.2) is 0 Å². The molecule has 1 aromatic rings. The van der Waals surface area contributed by atoms with Crippen LogP contribution in [0.4, 0.5) is 8.78 Å². The van der Waals surface area contributed by atoms with Crippen molar-refractivity contribution in [1.82, 2.24) is 0 Å². The largest absolute Gasteiger partial charge is 0.207 e. The van der Waals surface area contributed by atoms with Crippen molar-refractivity contribution in [3.63, 3.8) is 0 Å². The minimum atomic E-state index is -0.694. The van der Waals surface area contributed by atoms with Gasteiger partial charge in [-0.05, 0) is 25.0 Å². The van der Waals surface area contributed by atoms with E-state index in [0.29, 0.717) is 5.56 Å². The molecule has 0 saturated heterocycles. The maximum atomic E-state index is 13.2. The van der Waals surface area contributed by atoms with Crippen LogP contribution in [0.3, 0.4) is 0 Å². The molecule has 1 rings (SSSR count). The number of benzene rings is 1. The van der Waals surface area contributed by atoms with E-state index in [1.165, 1.54) is 12.1 Å². The summed E-state index contributed by atoms with van der Waals surface area (Å²) in [6, 6.07) is 3.44. The van der Waals surface area contributed by atoms with E-state index in [1.807, 2.05) is 0 Å². The quantitative estimate of drug-likeness (QED) is 0.587. The van der Waals surface area contributed by atoms with Crippen molar-refractivity contribution in [3.05, 3.63) is 35.4 Å². The van der Waals surface area contributed by atoms with Gasteiger partial charge in [0.05, 0.1) is 4.87 Å². The molecule has 0 saturated carbocycles. The Morgan fingerprint density at radius 3 is 2.40 bits per heavy atom. The number of hydrogen-bond acceptors (Lipinski definition) is 0. The number of hydrogen-bond donors (Lipinski definition) is 0. The Bertz CT molecular complexity index is 329. The molecule has 1 atom stereocenters. The second kappa shape index (κ2) is 6.19. The molecule has 0 aliphatic rings. The van der Waals surface area contributed by atoms with Crippen LogP contribution < -0.4 is 0 Å². The molecule has 0 aliphatic carbocycles. The molecule has 0 bridgehead atoms. The van der Waals surface area contributed by atoms with E-state index in [4.69, 9.17) is 23.2 Å². The molecule has 0 aliphatic heterocycles. The van der Waals surface area contributed by atoms with Gasteiger partial charge in [0.2, 0.25) is 0 Å². The zero-order valence-corrected chi connectivity index (χ0v) is 11.2. The van der Waals surface area contributed by atoms with Crippen LogP contribution in [0.5, 0.6) is 0 Å². The summed E-state index contributed by atoms with van der Waals surface area (Å²) < 4.78 is 25.7. The Hall–Kier alpha value is 0.374. The normalized spacial score (nSPS) is 14.2. The average Bonchev–Trinajstić information content (AvgIpc) is 2.10. The van der Waals surface area contributed by atoms with Crippen LogP contribution in [0.25, 0.3) is 0 Å². The van der Waals surface area contributed by atoms with E-state index in [9.17, 15) is 8.78 Å². The van der Waals surface area contributed by atoms with Crippen LogP contribution in [0, 0.1) is 11.6 Å². The molecular weight excluding hydrogens is 277 g/mol. The van der Waals surface area contributed by atoms with Crippen molar-refractivity contribution in [3.8, 4) is 0 Å². The van der Waals surface area contributed by atoms with Crippen LogP contribution in [0.15, 0.2) is 18.2 Å². The first kappa shape index (κ1) is 15.4. The standard InChI is InChI=1S/C10H10Cl2F2.Ti/c1-10(12,6-11)5-7-2-3-8(13)4-9(7)14;/h2-4H,5-6H2,1H3;. The maximum absolute atomic E-state index is 13.2. The van der Waals surface area contributed by atoms with E-state index in [-0.39, 0.29) is 34.0 Å². The molecule has 15 heavy (non-hydrogen) atoms. The summed E-state index contributed by atoms with van der Waals surface area (Å²) in [5.41, 5.74) is 0.379. The van der Waals surface area contributed by atoms with Crippen LogP contribution >= 0.6 is 23.2 Å². The fraction of sp³-hybridized carbons (Fsp3) is 0.400. The molecule has 0 spiro atoms. The molecular formula is C10H10Cl2F2Ti. The van der Waals surface area contributed by atoms with Gasteiger partial charge in [-0.15, -0.1) is 23.2 Å². The van der Waals surface area contributed by atoms with Gasteiger partial charge in [0.1, 0.15) is 11.6 Å². The van der Waals surface area contributed by atoms with Crippen molar-refractivity contribution in [2.24, 2.45) is 0 Å². The zero-order chi connectivity index (χ0) is 10.8. The summed E-state index contributed by atoms with van der Waals surface area (Å²) >= 11 is 11.6. The number of rotatable bonds is 3. The Labute approximate surface area is 113 Å². The van der Waals surface area contributed by atoms with Crippen molar-refractivity contribution >= 4 is 23.2 Å². The summed E-state index contributed by atoms with van der Waals surface area (Å²) in [6.45, 7) is 1.71. The van der Waals surface area contributed by atoms with Crippen molar-refractivity contribution in [1.29, 1.82) is 0 Å². The molecule has 0 aromatic heterocycles. The van der Waals surface area contributed by atoms with Crippen LogP contribution in [0.2, 0.25) is 0 Å². The first-order chi connectivity index (χ1) is 6.44. The zero-order valence-electron chi connectivity index (χ0n) is 8.16. The minimum absolute atomic E-state index is 0. The van der Waals surface area contributed by atoms with Gasteiger partial charge in [-0.1, -0.05) is 6.07 Å². The first-order valence-corrected chi connectivity index (χ1v) is 5.05. The average molecular weight is 287 g/mol. The van der Waals surface area contributed by atoms with Gasteiger partial charge in [-0.2, -0.15) is 0 Å². The Morgan fingerprint density at radius 1 is 1.33 bits per heavy atom. The SMILES string of the molecule is CC(Cl)(CCl)Cc1ccc(F)cc1F.[Ti]. The van der Waals surface area contributed by atoms with Crippen LogP contribution in [-0.2, 0) is 28.1 Å². The molecule has 82 valence electrons. The van der Waals surface area contributed by atoms with E-state index in [1.54, 1.807) is 6.92 Å². The van der Waals surface area contributed by atoms with Gasteiger partial charge in [-0.25, -0.2) is 8.78 Å². The van der Waals surface area contributed by atoms with E-state index in [0.717, 1.165) is 6.07 Å². The van der Waals surface area contributed by atoms with E-state index >= 15 is 0 Å².